The van der Waals surface area contributed by atoms with E-state index in [2.05, 4.69) is 0 Å². The Morgan fingerprint density at radius 2 is 1.85 bits per heavy atom. The van der Waals surface area contributed by atoms with Gasteiger partial charge >= 0.3 is 0 Å². The van der Waals surface area contributed by atoms with Crippen LogP contribution in [0.25, 0.3) is 0 Å². The third kappa shape index (κ3) is 1.94. The molecule has 0 saturated heterocycles. The van der Waals surface area contributed by atoms with E-state index >= 15 is 0 Å². The summed E-state index contributed by atoms with van der Waals surface area (Å²) in [4.78, 5) is 0. The normalized spacial score (nSPS) is 12.2. The van der Waals surface area contributed by atoms with E-state index in [1.165, 1.54) is 6.07 Å². The smallest absolute Gasteiger partial charge is 0.133 e. The highest BCUT2D eigenvalue weighted by Crippen LogP contribution is 2.22. The first-order valence-corrected chi connectivity index (χ1v) is 3.73. The van der Waals surface area contributed by atoms with E-state index in [0.717, 1.165) is 12.1 Å². The van der Waals surface area contributed by atoms with Crippen LogP contribution in [-0.4, -0.2) is 0 Å². The minimum absolute atomic E-state index is 0.0658. The molecule has 0 bridgehead atoms. The van der Waals surface area contributed by atoms with Crippen molar-refractivity contribution < 1.29 is 8.78 Å². The van der Waals surface area contributed by atoms with Crippen molar-refractivity contribution in [3.8, 4) is 6.07 Å². The van der Waals surface area contributed by atoms with Gasteiger partial charge in [-0.2, -0.15) is 5.26 Å². The largest absolute Gasteiger partial charge is 0.312 e. The maximum atomic E-state index is 13.0. The molecule has 1 atom stereocenters. The van der Waals surface area contributed by atoms with Crippen LogP contribution in [0.5, 0.6) is 0 Å². The Morgan fingerprint density at radius 1 is 1.38 bits per heavy atom. The van der Waals surface area contributed by atoms with E-state index < -0.39 is 23.2 Å². The van der Waals surface area contributed by atoms with Crippen LogP contribution >= 0.6 is 11.6 Å². The summed E-state index contributed by atoms with van der Waals surface area (Å²) in [5, 5.41) is 8.30. The summed E-state index contributed by atoms with van der Waals surface area (Å²) in [5.74, 6) is -1.81. The van der Waals surface area contributed by atoms with E-state index in [4.69, 9.17) is 22.6 Å². The zero-order valence-electron chi connectivity index (χ0n) is 6.39. The van der Waals surface area contributed by atoms with Gasteiger partial charge < -0.3 is 5.73 Å². The molecule has 2 nitrogen and oxygen atoms in total. The fraction of sp³-hybridized carbons (Fsp3) is 0.125. The maximum absolute atomic E-state index is 13.0. The second-order valence-electron chi connectivity index (χ2n) is 2.39. The average Bonchev–Trinajstić information content (AvgIpc) is 2.02. The summed E-state index contributed by atoms with van der Waals surface area (Å²) >= 11 is 5.37. The van der Waals surface area contributed by atoms with Gasteiger partial charge in [0.05, 0.1) is 11.6 Å². The van der Waals surface area contributed by atoms with Crippen LogP contribution < -0.4 is 5.73 Å². The van der Waals surface area contributed by atoms with Gasteiger partial charge in [0.15, 0.2) is 0 Å². The molecular formula is C8H5ClF2N2. The molecular weight excluding hydrogens is 198 g/mol. The molecule has 0 fully saturated rings. The lowest BCUT2D eigenvalue weighted by molar-refractivity contribution is 0.548. The minimum atomic E-state index is -1.31. The molecule has 2 N–H and O–H groups in total. The van der Waals surface area contributed by atoms with Crippen LogP contribution in [0, 0.1) is 23.0 Å². The quantitative estimate of drug-likeness (QED) is 0.759. The molecule has 0 spiro atoms. The molecule has 0 aliphatic rings. The Bertz CT molecular complexity index is 350. The number of nitrogens with two attached hydrogens (primary N) is 1. The van der Waals surface area contributed by atoms with Crippen LogP contribution in [0.15, 0.2) is 12.1 Å². The third-order valence-electron chi connectivity index (χ3n) is 1.49. The molecule has 1 unspecified atom stereocenters. The summed E-state index contributed by atoms with van der Waals surface area (Å²) < 4.78 is 26.0. The first-order valence-electron chi connectivity index (χ1n) is 3.36. The number of hydrogen-bond acceptors (Lipinski definition) is 2. The molecule has 1 rings (SSSR count). The second-order valence-corrected chi connectivity index (χ2v) is 2.83. The van der Waals surface area contributed by atoms with E-state index in [9.17, 15) is 8.78 Å². The predicted octanol–water partition coefficient (Wildman–Crippen LogP) is 2.14. The number of benzene rings is 1. The van der Waals surface area contributed by atoms with Crippen LogP contribution in [0.4, 0.5) is 8.78 Å². The van der Waals surface area contributed by atoms with Gasteiger partial charge in [-0.3, -0.25) is 0 Å². The van der Waals surface area contributed by atoms with Crippen molar-refractivity contribution in [1.29, 1.82) is 5.26 Å². The summed E-state index contributed by atoms with van der Waals surface area (Å²) in [6, 6.07) is 2.06. The number of nitrogens with zero attached hydrogens (tertiary/aromatic N) is 1. The van der Waals surface area contributed by atoms with Gasteiger partial charge in [-0.25, -0.2) is 8.78 Å². The Hall–Kier alpha value is -1.18. The molecule has 0 amide bonds. The summed E-state index contributed by atoms with van der Waals surface area (Å²) in [7, 11) is 0. The van der Waals surface area contributed by atoms with Gasteiger partial charge in [-0.1, -0.05) is 11.6 Å². The van der Waals surface area contributed by atoms with Gasteiger partial charge in [-0.15, -0.1) is 0 Å². The Morgan fingerprint density at radius 3 is 2.23 bits per heavy atom. The van der Waals surface area contributed by atoms with Crippen LogP contribution in [0.1, 0.15) is 11.6 Å². The first kappa shape index (κ1) is 9.90. The molecule has 5 heteroatoms. The van der Waals surface area contributed by atoms with Crippen molar-refractivity contribution in [2.75, 3.05) is 0 Å². The molecule has 0 radical (unpaired) electrons. The molecule has 1 aromatic rings. The van der Waals surface area contributed by atoms with E-state index in [0.29, 0.717) is 0 Å². The Kier molecular flexibility index (Phi) is 2.81. The highest BCUT2D eigenvalue weighted by molar-refractivity contribution is 6.30. The van der Waals surface area contributed by atoms with Gasteiger partial charge in [0.25, 0.3) is 0 Å². The SMILES string of the molecule is N#CC(N)c1c(F)cc(Cl)cc1F. The molecule has 0 aliphatic heterocycles. The molecule has 0 saturated carbocycles. The van der Waals surface area contributed by atoms with E-state index in [-0.39, 0.29) is 5.02 Å². The molecule has 0 aromatic heterocycles. The van der Waals surface area contributed by atoms with Crippen molar-refractivity contribution in [3.05, 3.63) is 34.4 Å². The van der Waals surface area contributed by atoms with Gasteiger partial charge in [-0.05, 0) is 12.1 Å². The second kappa shape index (κ2) is 3.69. The van der Waals surface area contributed by atoms with E-state index in [1.807, 2.05) is 0 Å². The third-order valence-corrected chi connectivity index (χ3v) is 1.71. The van der Waals surface area contributed by atoms with Crippen molar-refractivity contribution in [2.24, 2.45) is 5.73 Å². The van der Waals surface area contributed by atoms with Gasteiger partial charge in [0.1, 0.15) is 17.7 Å². The standard InChI is InChI=1S/C8H5ClF2N2/c9-4-1-5(10)8(6(11)2-4)7(13)3-12/h1-2,7H,13H2. The molecule has 0 aliphatic carbocycles. The van der Waals surface area contributed by atoms with Crippen LogP contribution in [0.3, 0.4) is 0 Å². The van der Waals surface area contributed by atoms with Gasteiger partial charge in [0, 0.05) is 5.02 Å². The van der Waals surface area contributed by atoms with Crippen molar-refractivity contribution in [1.82, 2.24) is 0 Å². The van der Waals surface area contributed by atoms with Crippen molar-refractivity contribution in [2.45, 2.75) is 6.04 Å². The summed E-state index contributed by atoms with van der Waals surface area (Å²) in [5.41, 5.74) is 4.71. The molecule has 68 valence electrons. The van der Waals surface area contributed by atoms with Crippen molar-refractivity contribution >= 4 is 11.6 Å². The van der Waals surface area contributed by atoms with Crippen LogP contribution in [0.2, 0.25) is 5.02 Å². The average molecular weight is 203 g/mol. The predicted molar refractivity (Wildman–Crippen MR) is 43.9 cm³/mol. The van der Waals surface area contributed by atoms with Gasteiger partial charge in [0.2, 0.25) is 0 Å². The lowest BCUT2D eigenvalue weighted by Crippen LogP contribution is -2.11. The molecule has 1 aromatic carbocycles. The fourth-order valence-corrected chi connectivity index (χ4v) is 1.11. The summed E-state index contributed by atoms with van der Waals surface area (Å²) in [6.45, 7) is 0. The lowest BCUT2D eigenvalue weighted by atomic mass is 10.1. The highest BCUT2D eigenvalue weighted by Gasteiger charge is 2.16. The maximum Gasteiger partial charge on any atom is 0.133 e. The first-order chi connectivity index (χ1) is 6.06. The monoisotopic (exact) mass is 202 g/mol. The minimum Gasteiger partial charge on any atom is -0.312 e. The number of halogens is 3. The van der Waals surface area contributed by atoms with Crippen LogP contribution in [-0.2, 0) is 0 Å². The molecule has 13 heavy (non-hydrogen) atoms. The van der Waals surface area contributed by atoms with Crippen molar-refractivity contribution in [3.63, 3.8) is 0 Å². The topological polar surface area (TPSA) is 49.8 Å². The zero-order chi connectivity index (χ0) is 10.0. The number of hydrogen-bond donors (Lipinski definition) is 1. The number of rotatable bonds is 1. The molecule has 0 heterocycles. The number of nitriles is 1. The Balaban J connectivity index is 3.30. The summed E-state index contributed by atoms with van der Waals surface area (Å²) in [6.07, 6.45) is 0. The highest BCUT2D eigenvalue weighted by atomic mass is 35.5. The fourth-order valence-electron chi connectivity index (χ4n) is 0.915. The Labute approximate surface area is 78.5 Å². The van der Waals surface area contributed by atoms with E-state index in [1.54, 1.807) is 0 Å². The lowest BCUT2D eigenvalue weighted by Gasteiger charge is -2.06. The zero-order valence-corrected chi connectivity index (χ0v) is 7.15.